The molecule has 1 N–H and O–H groups in total. The van der Waals surface area contributed by atoms with E-state index < -0.39 is 0 Å². The van der Waals surface area contributed by atoms with Gasteiger partial charge in [-0.15, -0.1) is 0 Å². The lowest BCUT2D eigenvalue weighted by Gasteiger charge is -2.16. The van der Waals surface area contributed by atoms with Gasteiger partial charge in [-0.25, -0.2) is 0 Å². The van der Waals surface area contributed by atoms with Crippen LogP contribution in [0.3, 0.4) is 0 Å². The Labute approximate surface area is 114 Å². The van der Waals surface area contributed by atoms with Crippen LogP contribution in [0.1, 0.15) is 27.8 Å². The summed E-state index contributed by atoms with van der Waals surface area (Å²) < 4.78 is 5.44. The summed E-state index contributed by atoms with van der Waals surface area (Å²) in [6, 6.07) is 9.63. The first kappa shape index (κ1) is 13.5. The fourth-order valence-corrected chi connectivity index (χ4v) is 2.51. The molecule has 0 amide bonds. The Morgan fingerprint density at radius 3 is 2.32 bits per heavy atom. The molecule has 0 spiro atoms. The van der Waals surface area contributed by atoms with Crippen LogP contribution in [0.4, 0.5) is 0 Å². The largest absolute Gasteiger partial charge is 0.508 e. The minimum absolute atomic E-state index is 0.355. The van der Waals surface area contributed by atoms with Crippen molar-refractivity contribution in [2.24, 2.45) is 0 Å². The van der Waals surface area contributed by atoms with Crippen LogP contribution in [0.2, 0.25) is 0 Å². The van der Waals surface area contributed by atoms with Crippen molar-refractivity contribution in [3.05, 3.63) is 58.1 Å². The highest BCUT2D eigenvalue weighted by Crippen LogP contribution is 2.30. The van der Waals surface area contributed by atoms with Crippen molar-refractivity contribution in [2.75, 3.05) is 7.11 Å². The van der Waals surface area contributed by atoms with E-state index in [2.05, 4.69) is 26.8 Å². The maximum Gasteiger partial charge on any atom is 0.124 e. The number of aryl methyl sites for hydroxylation is 1. The van der Waals surface area contributed by atoms with Crippen molar-refractivity contribution >= 4 is 0 Å². The van der Waals surface area contributed by atoms with Crippen molar-refractivity contribution in [2.45, 2.75) is 27.2 Å². The molecule has 0 aliphatic carbocycles. The fraction of sp³-hybridized carbons (Fsp3) is 0.294. The molecule has 0 aliphatic rings. The van der Waals surface area contributed by atoms with Crippen LogP contribution in [0.15, 0.2) is 30.3 Å². The zero-order valence-electron chi connectivity index (χ0n) is 11.9. The predicted octanol–water partition coefficient (Wildman–Crippen LogP) is 3.92. The number of hydrogen-bond acceptors (Lipinski definition) is 2. The number of aromatic hydroxyl groups is 1. The summed E-state index contributed by atoms with van der Waals surface area (Å²) in [6.07, 6.45) is 0.740. The average Bonchev–Trinajstić information content (AvgIpc) is 2.39. The second-order valence-electron chi connectivity index (χ2n) is 4.94. The summed E-state index contributed by atoms with van der Waals surface area (Å²) in [5.74, 6) is 1.31. The fourth-order valence-electron chi connectivity index (χ4n) is 2.51. The van der Waals surface area contributed by atoms with Crippen LogP contribution in [0.25, 0.3) is 0 Å². The molecule has 2 aromatic rings. The Balaban J connectivity index is 2.45. The summed E-state index contributed by atoms with van der Waals surface area (Å²) in [7, 11) is 1.71. The Bertz CT molecular complexity index is 600. The van der Waals surface area contributed by atoms with Gasteiger partial charge in [-0.1, -0.05) is 24.3 Å². The van der Waals surface area contributed by atoms with Gasteiger partial charge >= 0.3 is 0 Å². The standard InChI is InChI=1S/C17H20O2/c1-11-9-15(12(2)13(3)17(11)19-4)10-14-7-5-6-8-16(14)18/h5-9,18H,10H2,1-4H3. The third-order valence-corrected chi connectivity index (χ3v) is 3.71. The Hall–Kier alpha value is -1.96. The molecule has 2 rings (SSSR count). The second-order valence-corrected chi connectivity index (χ2v) is 4.94. The van der Waals surface area contributed by atoms with Crippen LogP contribution in [-0.2, 0) is 6.42 Å². The molecule has 0 aliphatic heterocycles. The first-order valence-corrected chi connectivity index (χ1v) is 6.45. The second kappa shape index (κ2) is 5.35. The van der Waals surface area contributed by atoms with Crippen LogP contribution >= 0.6 is 0 Å². The summed E-state index contributed by atoms with van der Waals surface area (Å²) in [5, 5.41) is 9.88. The molecule has 0 atom stereocenters. The number of para-hydroxylation sites is 1. The molecule has 0 unspecified atom stereocenters. The molecule has 0 fully saturated rings. The Morgan fingerprint density at radius 1 is 1.00 bits per heavy atom. The quantitative estimate of drug-likeness (QED) is 0.902. The topological polar surface area (TPSA) is 29.5 Å². The van der Waals surface area contributed by atoms with E-state index in [-0.39, 0.29) is 0 Å². The van der Waals surface area contributed by atoms with Crippen LogP contribution in [-0.4, -0.2) is 12.2 Å². The van der Waals surface area contributed by atoms with E-state index >= 15 is 0 Å². The third kappa shape index (κ3) is 2.58. The summed E-state index contributed by atoms with van der Waals surface area (Å²) >= 11 is 0. The molecular weight excluding hydrogens is 236 g/mol. The number of ether oxygens (including phenoxy) is 1. The lowest BCUT2D eigenvalue weighted by molar-refractivity contribution is 0.408. The van der Waals surface area contributed by atoms with Gasteiger partial charge in [0.2, 0.25) is 0 Å². The van der Waals surface area contributed by atoms with Gasteiger partial charge in [0, 0.05) is 6.42 Å². The van der Waals surface area contributed by atoms with Crippen molar-refractivity contribution in [1.29, 1.82) is 0 Å². The summed E-state index contributed by atoms with van der Waals surface area (Å²) in [6.45, 7) is 6.24. The highest BCUT2D eigenvalue weighted by molar-refractivity contribution is 5.51. The van der Waals surface area contributed by atoms with Crippen molar-refractivity contribution in [3.8, 4) is 11.5 Å². The van der Waals surface area contributed by atoms with Crippen molar-refractivity contribution in [1.82, 2.24) is 0 Å². The van der Waals surface area contributed by atoms with E-state index in [4.69, 9.17) is 4.74 Å². The van der Waals surface area contributed by atoms with Gasteiger partial charge < -0.3 is 9.84 Å². The van der Waals surface area contributed by atoms with Crippen molar-refractivity contribution in [3.63, 3.8) is 0 Å². The normalized spacial score (nSPS) is 10.5. The molecule has 0 saturated carbocycles. The average molecular weight is 256 g/mol. The van der Waals surface area contributed by atoms with Crippen LogP contribution in [0, 0.1) is 20.8 Å². The zero-order valence-corrected chi connectivity index (χ0v) is 11.9. The Kier molecular flexibility index (Phi) is 3.79. The lowest BCUT2D eigenvalue weighted by atomic mass is 9.94. The molecular formula is C17H20O2. The summed E-state index contributed by atoms with van der Waals surface area (Å²) in [5.41, 5.74) is 5.72. The van der Waals surface area contributed by atoms with Gasteiger partial charge in [0.1, 0.15) is 11.5 Å². The Morgan fingerprint density at radius 2 is 1.68 bits per heavy atom. The maximum absolute atomic E-state index is 9.88. The van der Waals surface area contributed by atoms with Gasteiger partial charge in [0.15, 0.2) is 0 Å². The van der Waals surface area contributed by atoms with Gasteiger partial charge in [-0.05, 0) is 54.7 Å². The molecule has 2 aromatic carbocycles. The highest BCUT2D eigenvalue weighted by Gasteiger charge is 2.12. The predicted molar refractivity (Wildman–Crippen MR) is 78.1 cm³/mol. The molecule has 2 heteroatoms. The monoisotopic (exact) mass is 256 g/mol. The molecule has 0 radical (unpaired) electrons. The number of hydrogen-bond donors (Lipinski definition) is 1. The van der Waals surface area contributed by atoms with E-state index in [1.807, 2.05) is 18.2 Å². The number of rotatable bonds is 3. The molecule has 19 heavy (non-hydrogen) atoms. The number of phenolic OH excluding ortho intramolecular Hbond substituents is 1. The van der Waals surface area contributed by atoms with Gasteiger partial charge in [-0.3, -0.25) is 0 Å². The van der Waals surface area contributed by atoms with E-state index in [1.54, 1.807) is 13.2 Å². The first-order valence-electron chi connectivity index (χ1n) is 6.45. The number of phenols is 1. The smallest absolute Gasteiger partial charge is 0.124 e. The molecule has 0 bridgehead atoms. The first-order chi connectivity index (χ1) is 9.04. The molecule has 100 valence electrons. The van der Waals surface area contributed by atoms with Crippen LogP contribution in [0.5, 0.6) is 11.5 Å². The zero-order chi connectivity index (χ0) is 14.0. The number of benzene rings is 2. The molecule has 0 heterocycles. The minimum Gasteiger partial charge on any atom is -0.508 e. The molecule has 2 nitrogen and oxygen atoms in total. The van der Waals surface area contributed by atoms with E-state index in [1.165, 1.54) is 16.7 Å². The maximum atomic E-state index is 9.88. The van der Waals surface area contributed by atoms with Crippen molar-refractivity contribution < 1.29 is 9.84 Å². The van der Waals surface area contributed by atoms with Gasteiger partial charge in [0.05, 0.1) is 7.11 Å². The molecule has 0 aromatic heterocycles. The summed E-state index contributed by atoms with van der Waals surface area (Å²) in [4.78, 5) is 0. The SMILES string of the molecule is COc1c(C)cc(Cc2ccccc2O)c(C)c1C. The molecule has 0 saturated heterocycles. The number of methoxy groups -OCH3 is 1. The van der Waals surface area contributed by atoms with E-state index in [0.717, 1.165) is 23.3 Å². The van der Waals surface area contributed by atoms with E-state index in [9.17, 15) is 5.11 Å². The van der Waals surface area contributed by atoms with Gasteiger partial charge in [-0.2, -0.15) is 0 Å². The van der Waals surface area contributed by atoms with Gasteiger partial charge in [0.25, 0.3) is 0 Å². The highest BCUT2D eigenvalue weighted by atomic mass is 16.5. The minimum atomic E-state index is 0.355. The van der Waals surface area contributed by atoms with E-state index in [0.29, 0.717) is 5.75 Å². The van der Waals surface area contributed by atoms with Crippen LogP contribution < -0.4 is 4.74 Å². The third-order valence-electron chi connectivity index (χ3n) is 3.71. The lowest BCUT2D eigenvalue weighted by Crippen LogP contribution is -2.00.